The van der Waals surface area contributed by atoms with Gasteiger partial charge in [0.05, 0.1) is 0 Å². The topological polar surface area (TPSA) is 28.2 Å². The Morgan fingerprint density at radius 3 is 2.81 bits per heavy atom. The molecule has 1 saturated heterocycles. The van der Waals surface area contributed by atoms with Gasteiger partial charge in [-0.25, -0.2) is 0 Å². The number of halogens is 1. The first-order valence-corrected chi connectivity index (χ1v) is 5.65. The van der Waals surface area contributed by atoms with E-state index >= 15 is 0 Å². The van der Waals surface area contributed by atoms with Gasteiger partial charge in [-0.15, -0.1) is 12.4 Å². The van der Waals surface area contributed by atoms with Crippen molar-refractivity contribution in [2.45, 2.75) is 25.4 Å². The van der Waals surface area contributed by atoms with Crippen molar-refractivity contribution in [1.82, 2.24) is 15.2 Å². The molecule has 1 unspecified atom stereocenters. The van der Waals surface area contributed by atoms with Crippen LogP contribution in [0.2, 0.25) is 0 Å². The van der Waals surface area contributed by atoms with Gasteiger partial charge >= 0.3 is 0 Å². The van der Waals surface area contributed by atoms with Gasteiger partial charge in [0.15, 0.2) is 0 Å². The largest absolute Gasteiger partial charge is 0.313 e. The van der Waals surface area contributed by atoms with Crippen molar-refractivity contribution in [1.29, 1.82) is 0 Å². The van der Waals surface area contributed by atoms with E-state index in [1.165, 1.54) is 24.9 Å². The van der Waals surface area contributed by atoms with Gasteiger partial charge in [-0.05, 0) is 44.1 Å². The number of likely N-dealkylation sites (N-methyl/N-ethyl adjacent to an activating group) is 1. The van der Waals surface area contributed by atoms with Gasteiger partial charge in [0.2, 0.25) is 0 Å². The average molecular weight is 242 g/mol. The Kier molecular flexibility index (Phi) is 5.74. The smallest absolute Gasteiger partial charge is 0.0271 e. The third kappa shape index (κ3) is 4.08. The zero-order valence-corrected chi connectivity index (χ0v) is 10.5. The molecular formula is C12H20ClN3. The van der Waals surface area contributed by atoms with E-state index in [0.717, 1.165) is 13.1 Å². The third-order valence-corrected chi connectivity index (χ3v) is 2.90. The minimum atomic E-state index is 0. The third-order valence-electron chi connectivity index (χ3n) is 2.90. The van der Waals surface area contributed by atoms with Gasteiger partial charge in [-0.3, -0.25) is 4.98 Å². The molecule has 1 aromatic rings. The van der Waals surface area contributed by atoms with E-state index in [0.29, 0.717) is 6.04 Å². The maximum absolute atomic E-state index is 4.03. The van der Waals surface area contributed by atoms with Gasteiger partial charge in [-0.2, -0.15) is 0 Å². The van der Waals surface area contributed by atoms with E-state index in [4.69, 9.17) is 0 Å². The van der Waals surface area contributed by atoms with Crippen molar-refractivity contribution in [2.75, 3.05) is 20.1 Å². The van der Waals surface area contributed by atoms with Crippen molar-refractivity contribution in [3.8, 4) is 0 Å². The minimum absolute atomic E-state index is 0. The molecule has 3 nitrogen and oxygen atoms in total. The summed E-state index contributed by atoms with van der Waals surface area (Å²) in [6, 6.07) is 4.86. The SMILES string of the molecule is CN(Cc1ccncc1)CC1CCCN1.Cl. The van der Waals surface area contributed by atoms with Crippen molar-refractivity contribution >= 4 is 12.4 Å². The van der Waals surface area contributed by atoms with Crippen molar-refractivity contribution in [2.24, 2.45) is 0 Å². The lowest BCUT2D eigenvalue weighted by atomic mass is 10.2. The first-order chi connectivity index (χ1) is 7.34. The van der Waals surface area contributed by atoms with Crippen molar-refractivity contribution in [3.63, 3.8) is 0 Å². The number of nitrogens with zero attached hydrogens (tertiary/aromatic N) is 2. The molecule has 2 heterocycles. The summed E-state index contributed by atoms with van der Waals surface area (Å²) >= 11 is 0. The number of pyridine rings is 1. The molecule has 0 aliphatic carbocycles. The Balaban J connectivity index is 0.00000128. The van der Waals surface area contributed by atoms with Crippen LogP contribution in [-0.2, 0) is 6.54 Å². The molecule has 1 aliphatic heterocycles. The predicted octanol–water partition coefficient (Wildman–Crippen LogP) is 1.69. The fourth-order valence-electron chi connectivity index (χ4n) is 2.15. The van der Waals surface area contributed by atoms with Crippen LogP contribution in [0.1, 0.15) is 18.4 Å². The van der Waals surface area contributed by atoms with E-state index in [1.807, 2.05) is 12.4 Å². The molecule has 16 heavy (non-hydrogen) atoms. The lowest BCUT2D eigenvalue weighted by Gasteiger charge is -2.20. The molecule has 0 spiro atoms. The zero-order valence-electron chi connectivity index (χ0n) is 9.72. The fraction of sp³-hybridized carbons (Fsp3) is 0.583. The highest BCUT2D eigenvalue weighted by Crippen LogP contribution is 2.08. The molecule has 0 radical (unpaired) electrons. The van der Waals surface area contributed by atoms with Gasteiger partial charge in [-0.1, -0.05) is 0 Å². The molecule has 4 heteroatoms. The van der Waals surface area contributed by atoms with Gasteiger partial charge in [0, 0.05) is 31.5 Å². The summed E-state index contributed by atoms with van der Waals surface area (Å²) in [5.41, 5.74) is 1.34. The molecular weight excluding hydrogens is 222 g/mol. The van der Waals surface area contributed by atoms with E-state index in [-0.39, 0.29) is 12.4 Å². The second-order valence-corrected chi connectivity index (χ2v) is 4.35. The van der Waals surface area contributed by atoms with Crippen molar-refractivity contribution < 1.29 is 0 Å². The maximum Gasteiger partial charge on any atom is 0.0271 e. The average Bonchev–Trinajstić information content (AvgIpc) is 2.71. The van der Waals surface area contributed by atoms with Gasteiger partial charge < -0.3 is 10.2 Å². The van der Waals surface area contributed by atoms with Gasteiger partial charge in [0.25, 0.3) is 0 Å². The Hall–Kier alpha value is -0.640. The first kappa shape index (κ1) is 13.4. The highest BCUT2D eigenvalue weighted by Gasteiger charge is 2.15. The molecule has 0 bridgehead atoms. The number of aromatic nitrogens is 1. The molecule has 1 atom stereocenters. The summed E-state index contributed by atoms with van der Waals surface area (Å²) in [5, 5.41) is 3.52. The normalized spacial score (nSPS) is 19.8. The van der Waals surface area contributed by atoms with Crippen molar-refractivity contribution in [3.05, 3.63) is 30.1 Å². The van der Waals surface area contributed by atoms with Crippen LogP contribution >= 0.6 is 12.4 Å². The fourth-order valence-corrected chi connectivity index (χ4v) is 2.15. The predicted molar refractivity (Wildman–Crippen MR) is 68.8 cm³/mol. The highest BCUT2D eigenvalue weighted by atomic mass is 35.5. The van der Waals surface area contributed by atoms with Crippen LogP contribution in [0.4, 0.5) is 0 Å². The van der Waals surface area contributed by atoms with Crippen LogP contribution in [0.3, 0.4) is 0 Å². The standard InChI is InChI=1S/C12H19N3.ClH/c1-15(10-12-3-2-6-14-12)9-11-4-7-13-8-5-11;/h4-5,7-8,12,14H,2-3,6,9-10H2,1H3;1H. The highest BCUT2D eigenvalue weighted by molar-refractivity contribution is 5.85. The minimum Gasteiger partial charge on any atom is -0.313 e. The maximum atomic E-state index is 4.03. The summed E-state index contributed by atoms with van der Waals surface area (Å²) in [5.74, 6) is 0. The van der Waals surface area contributed by atoms with Crippen LogP contribution < -0.4 is 5.32 Å². The molecule has 1 aromatic heterocycles. The van der Waals surface area contributed by atoms with Gasteiger partial charge in [0.1, 0.15) is 0 Å². The molecule has 0 amide bonds. The Morgan fingerprint density at radius 1 is 1.44 bits per heavy atom. The Labute approximate surface area is 104 Å². The number of rotatable bonds is 4. The molecule has 0 aromatic carbocycles. The van der Waals surface area contributed by atoms with Crippen LogP contribution in [0.25, 0.3) is 0 Å². The molecule has 1 N–H and O–H groups in total. The molecule has 90 valence electrons. The lowest BCUT2D eigenvalue weighted by molar-refractivity contribution is 0.293. The number of nitrogens with one attached hydrogen (secondary N) is 1. The van der Waals surface area contributed by atoms with Crippen LogP contribution in [-0.4, -0.2) is 36.1 Å². The van der Waals surface area contributed by atoms with Crippen LogP contribution in [0.5, 0.6) is 0 Å². The second-order valence-electron chi connectivity index (χ2n) is 4.35. The Bertz CT molecular complexity index is 286. The summed E-state index contributed by atoms with van der Waals surface area (Å²) < 4.78 is 0. The quantitative estimate of drug-likeness (QED) is 0.870. The summed E-state index contributed by atoms with van der Waals surface area (Å²) in [4.78, 5) is 6.40. The number of hydrogen-bond donors (Lipinski definition) is 1. The second kappa shape index (κ2) is 6.84. The Morgan fingerprint density at radius 2 is 2.19 bits per heavy atom. The van der Waals surface area contributed by atoms with E-state index in [9.17, 15) is 0 Å². The van der Waals surface area contributed by atoms with Crippen LogP contribution in [0, 0.1) is 0 Å². The molecule has 1 aliphatic rings. The lowest BCUT2D eigenvalue weighted by Crippen LogP contribution is -2.34. The van der Waals surface area contributed by atoms with E-state index in [2.05, 4.69) is 34.4 Å². The molecule has 1 fully saturated rings. The van der Waals surface area contributed by atoms with E-state index in [1.54, 1.807) is 0 Å². The van der Waals surface area contributed by atoms with Crippen LogP contribution in [0.15, 0.2) is 24.5 Å². The monoisotopic (exact) mass is 241 g/mol. The molecule has 0 saturated carbocycles. The molecule has 2 rings (SSSR count). The first-order valence-electron chi connectivity index (χ1n) is 5.65. The van der Waals surface area contributed by atoms with E-state index < -0.39 is 0 Å². The summed E-state index contributed by atoms with van der Waals surface area (Å²) in [7, 11) is 2.18. The zero-order chi connectivity index (χ0) is 10.5. The number of hydrogen-bond acceptors (Lipinski definition) is 3. The summed E-state index contributed by atoms with van der Waals surface area (Å²) in [6.45, 7) is 3.34. The summed E-state index contributed by atoms with van der Waals surface area (Å²) in [6.07, 6.45) is 6.36.